The monoisotopic (exact) mass is 161 g/mol. The molecule has 0 amide bonds. The van der Waals surface area contributed by atoms with Crippen LogP contribution in [0.3, 0.4) is 0 Å². The predicted octanol–water partition coefficient (Wildman–Crippen LogP) is 0.235. The van der Waals surface area contributed by atoms with E-state index in [1.807, 2.05) is 19.2 Å². The van der Waals surface area contributed by atoms with Crippen molar-refractivity contribution in [2.75, 3.05) is 19.3 Å². The summed E-state index contributed by atoms with van der Waals surface area (Å²) in [6.07, 6.45) is 1.65. The van der Waals surface area contributed by atoms with Crippen LogP contribution in [-0.2, 0) is 0 Å². The Morgan fingerprint density at radius 3 is 3.17 bits per heavy atom. The predicted molar refractivity (Wildman–Crippen MR) is 49.5 cm³/mol. The van der Waals surface area contributed by atoms with Gasteiger partial charge in [-0.25, -0.2) is 4.98 Å². The lowest BCUT2D eigenvalue weighted by molar-refractivity contribution is 0.938. The second-order valence-corrected chi connectivity index (χ2v) is 2.27. The van der Waals surface area contributed by atoms with Gasteiger partial charge >= 0.3 is 0 Å². The molecule has 0 aromatic carbocycles. The molecule has 1 aromatic heterocycles. The van der Waals surface area contributed by atoms with Crippen molar-refractivity contribution in [1.29, 1.82) is 0 Å². The second kappa shape index (κ2) is 4.37. The molecule has 0 fully saturated rings. The molecule has 3 nitrogen and oxygen atoms in total. The van der Waals surface area contributed by atoms with Crippen molar-refractivity contribution >= 4 is 5.82 Å². The summed E-state index contributed by atoms with van der Waals surface area (Å²) in [4.78, 5) is 3.91. The van der Waals surface area contributed by atoms with Gasteiger partial charge in [-0.05, 0) is 19.2 Å². The van der Waals surface area contributed by atoms with E-state index in [-0.39, 0.29) is 0 Å². The maximum absolute atomic E-state index is 5.57. The molecular formula is C9H11N3. The maximum atomic E-state index is 5.57. The molecule has 0 unspecified atom stereocenters. The molecule has 1 rings (SSSR count). The van der Waals surface area contributed by atoms with Crippen LogP contribution in [0.4, 0.5) is 5.82 Å². The van der Waals surface area contributed by atoms with Gasteiger partial charge in [-0.3, -0.25) is 0 Å². The number of hydrogen-bond acceptors (Lipinski definition) is 3. The second-order valence-electron chi connectivity index (χ2n) is 2.27. The van der Waals surface area contributed by atoms with Crippen LogP contribution in [-0.4, -0.2) is 18.6 Å². The summed E-state index contributed by atoms with van der Waals surface area (Å²) in [6.45, 7) is 0.661. The van der Waals surface area contributed by atoms with E-state index in [0.29, 0.717) is 12.4 Å². The third kappa shape index (κ3) is 2.26. The zero-order chi connectivity index (χ0) is 8.81. The van der Waals surface area contributed by atoms with Crippen molar-refractivity contribution in [2.24, 2.45) is 0 Å². The van der Waals surface area contributed by atoms with Gasteiger partial charge in [-0.2, -0.15) is 0 Å². The first-order valence-electron chi connectivity index (χ1n) is 3.68. The molecule has 0 saturated heterocycles. The van der Waals surface area contributed by atoms with Gasteiger partial charge in [0.05, 0.1) is 12.1 Å². The van der Waals surface area contributed by atoms with E-state index in [2.05, 4.69) is 22.1 Å². The fraction of sp³-hybridized carbons (Fsp3) is 0.222. The summed E-state index contributed by atoms with van der Waals surface area (Å²) in [5, 5.41) is 2.92. The van der Waals surface area contributed by atoms with Gasteiger partial charge in [0.25, 0.3) is 0 Å². The summed E-state index contributed by atoms with van der Waals surface area (Å²) in [5.41, 5.74) is 6.35. The molecule has 0 aliphatic heterocycles. The van der Waals surface area contributed by atoms with E-state index in [9.17, 15) is 0 Å². The Labute approximate surface area is 72.0 Å². The highest BCUT2D eigenvalue weighted by atomic mass is 14.8. The lowest BCUT2D eigenvalue weighted by atomic mass is 10.2. The van der Waals surface area contributed by atoms with Crippen LogP contribution in [0.5, 0.6) is 0 Å². The number of anilines is 1. The molecule has 0 bridgehead atoms. The van der Waals surface area contributed by atoms with Crippen LogP contribution < -0.4 is 11.1 Å². The van der Waals surface area contributed by atoms with E-state index in [0.717, 1.165) is 5.56 Å². The Morgan fingerprint density at radius 2 is 2.50 bits per heavy atom. The number of nitrogens with zero attached hydrogens (tertiary/aromatic N) is 1. The first-order valence-corrected chi connectivity index (χ1v) is 3.68. The van der Waals surface area contributed by atoms with Crippen LogP contribution in [0, 0.1) is 11.8 Å². The third-order valence-corrected chi connectivity index (χ3v) is 1.33. The van der Waals surface area contributed by atoms with Crippen molar-refractivity contribution in [3.8, 4) is 11.8 Å². The quantitative estimate of drug-likeness (QED) is 0.580. The fourth-order valence-electron chi connectivity index (χ4n) is 0.751. The SMILES string of the molecule is CNCC#Cc1cccnc1N. The Balaban J connectivity index is 2.77. The van der Waals surface area contributed by atoms with Crippen molar-refractivity contribution in [2.45, 2.75) is 0 Å². The van der Waals surface area contributed by atoms with Crippen molar-refractivity contribution in [3.63, 3.8) is 0 Å². The minimum absolute atomic E-state index is 0.487. The van der Waals surface area contributed by atoms with Crippen LogP contribution in [0.1, 0.15) is 5.56 Å². The van der Waals surface area contributed by atoms with Gasteiger partial charge in [-0.15, -0.1) is 0 Å². The fourth-order valence-corrected chi connectivity index (χ4v) is 0.751. The Morgan fingerprint density at radius 1 is 1.67 bits per heavy atom. The normalized spacial score (nSPS) is 8.75. The summed E-state index contributed by atoms with van der Waals surface area (Å²) >= 11 is 0. The zero-order valence-electron chi connectivity index (χ0n) is 6.96. The molecule has 0 atom stereocenters. The van der Waals surface area contributed by atoms with E-state index in [1.165, 1.54) is 0 Å². The average molecular weight is 161 g/mol. The highest BCUT2D eigenvalue weighted by Crippen LogP contribution is 2.03. The molecule has 1 heterocycles. The Hall–Kier alpha value is -1.53. The largest absolute Gasteiger partial charge is 0.383 e. The van der Waals surface area contributed by atoms with E-state index < -0.39 is 0 Å². The molecule has 0 aliphatic carbocycles. The molecular weight excluding hydrogens is 150 g/mol. The van der Waals surface area contributed by atoms with E-state index in [1.54, 1.807) is 6.20 Å². The Bertz CT molecular complexity index is 309. The molecule has 0 saturated carbocycles. The zero-order valence-corrected chi connectivity index (χ0v) is 6.96. The van der Waals surface area contributed by atoms with Crippen LogP contribution in [0.25, 0.3) is 0 Å². The van der Waals surface area contributed by atoms with Crippen LogP contribution in [0.15, 0.2) is 18.3 Å². The van der Waals surface area contributed by atoms with Crippen molar-refractivity contribution in [1.82, 2.24) is 10.3 Å². The first-order chi connectivity index (χ1) is 5.84. The third-order valence-electron chi connectivity index (χ3n) is 1.33. The topological polar surface area (TPSA) is 50.9 Å². The minimum atomic E-state index is 0.487. The highest BCUT2D eigenvalue weighted by Gasteiger charge is 1.91. The molecule has 3 heteroatoms. The molecule has 0 spiro atoms. The average Bonchev–Trinajstić information content (AvgIpc) is 2.09. The summed E-state index contributed by atoms with van der Waals surface area (Å²) in [5.74, 6) is 6.31. The smallest absolute Gasteiger partial charge is 0.139 e. The van der Waals surface area contributed by atoms with Crippen molar-refractivity contribution < 1.29 is 0 Å². The standard InChI is InChI=1S/C9H11N3/c1-11-6-2-4-8-5-3-7-12-9(8)10/h3,5,7,11H,6H2,1H3,(H2,10,12). The molecule has 62 valence electrons. The van der Waals surface area contributed by atoms with E-state index >= 15 is 0 Å². The number of nitrogens with two attached hydrogens (primary N) is 1. The summed E-state index contributed by atoms with van der Waals surface area (Å²) < 4.78 is 0. The number of pyridine rings is 1. The number of nitrogens with one attached hydrogen (secondary N) is 1. The molecule has 0 aliphatic rings. The maximum Gasteiger partial charge on any atom is 0.139 e. The number of rotatable bonds is 1. The summed E-state index contributed by atoms with van der Waals surface area (Å²) in [6, 6.07) is 3.67. The number of hydrogen-bond donors (Lipinski definition) is 2. The van der Waals surface area contributed by atoms with Gasteiger partial charge in [0.1, 0.15) is 5.82 Å². The number of aromatic nitrogens is 1. The Kier molecular flexibility index (Phi) is 3.12. The van der Waals surface area contributed by atoms with Crippen LogP contribution in [0.2, 0.25) is 0 Å². The lowest BCUT2D eigenvalue weighted by Gasteiger charge is -1.93. The van der Waals surface area contributed by atoms with Gasteiger partial charge in [0, 0.05) is 6.20 Å². The van der Waals surface area contributed by atoms with E-state index in [4.69, 9.17) is 5.73 Å². The van der Waals surface area contributed by atoms with Gasteiger partial charge in [0.2, 0.25) is 0 Å². The summed E-state index contributed by atoms with van der Waals surface area (Å²) in [7, 11) is 1.85. The molecule has 3 N–H and O–H groups in total. The molecule has 0 radical (unpaired) electrons. The van der Waals surface area contributed by atoms with Gasteiger partial charge in [0.15, 0.2) is 0 Å². The number of nitrogen functional groups attached to an aromatic ring is 1. The minimum Gasteiger partial charge on any atom is -0.383 e. The van der Waals surface area contributed by atoms with Crippen molar-refractivity contribution in [3.05, 3.63) is 23.9 Å². The first kappa shape index (κ1) is 8.57. The van der Waals surface area contributed by atoms with Gasteiger partial charge < -0.3 is 11.1 Å². The van der Waals surface area contributed by atoms with Gasteiger partial charge in [-0.1, -0.05) is 11.8 Å². The molecule has 1 aromatic rings. The molecule has 12 heavy (non-hydrogen) atoms. The lowest BCUT2D eigenvalue weighted by Crippen LogP contribution is -2.04. The van der Waals surface area contributed by atoms with Crippen LogP contribution >= 0.6 is 0 Å². The highest BCUT2D eigenvalue weighted by molar-refractivity contribution is 5.50.